The Morgan fingerprint density at radius 1 is 1.27 bits per heavy atom. The molecule has 0 aliphatic carbocycles. The molecular weight excluding hydrogens is 362 g/mol. The van der Waals surface area contributed by atoms with E-state index in [1.54, 1.807) is 18.9 Å². The zero-order valence-electron chi connectivity index (χ0n) is 12.6. The number of methoxy groups -OCH3 is 1. The number of carbonyl (C=O) groups excluding carboxylic acids is 1. The Hall–Kier alpha value is -1.46. The normalized spacial score (nSPS) is 10.3. The van der Waals surface area contributed by atoms with Gasteiger partial charge < -0.3 is 10.1 Å². The number of benzene rings is 2. The molecule has 116 valence electrons. The van der Waals surface area contributed by atoms with Gasteiger partial charge in [-0.3, -0.25) is 4.79 Å². The summed E-state index contributed by atoms with van der Waals surface area (Å²) in [4.78, 5) is 12.0. The Kier molecular flexibility index (Phi) is 6.34. The van der Waals surface area contributed by atoms with E-state index < -0.39 is 0 Å². The van der Waals surface area contributed by atoms with Crippen LogP contribution in [0.4, 0.5) is 5.69 Å². The van der Waals surface area contributed by atoms with Gasteiger partial charge in [-0.15, -0.1) is 11.8 Å². The van der Waals surface area contributed by atoms with E-state index in [0.717, 1.165) is 32.8 Å². The summed E-state index contributed by atoms with van der Waals surface area (Å²) in [5.41, 5.74) is 3.01. The molecule has 2 rings (SSSR count). The third-order valence-electron chi connectivity index (χ3n) is 3.15. The van der Waals surface area contributed by atoms with Crippen molar-refractivity contribution in [2.75, 3.05) is 18.2 Å². The van der Waals surface area contributed by atoms with Gasteiger partial charge in [-0.2, -0.15) is 0 Å². The summed E-state index contributed by atoms with van der Waals surface area (Å²) in [6.07, 6.45) is 0. The molecule has 0 saturated heterocycles. The fourth-order valence-corrected chi connectivity index (χ4v) is 3.23. The molecule has 0 fully saturated rings. The molecule has 1 N–H and O–H groups in total. The second kappa shape index (κ2) is 8.25. The Bertz CT molecular complexity index is 661. The molecule has 0 bridgehead atoms. The molecule has 0 unspecified atom stereocenters. The summed E-state index contributed by atoms with van der Waals surface area (Å²) in [7, 11) is 1.66. The zero-order valence-corrected chi connectivity index (χ0v) is 15.0. The van der Waals surface area contributed by atoms with Crippen molar-refractivity contribution in [1.29, 1.82) is 0 Å². The van der Waals surface area contributed by atoms with Crippen molar-refractivity contribution < 1.29 is 9.53 Å². The van der Waals surface area contributed by atoms with Crippen molar-refractivity contribution in [2.45, 2.75) is 12.7 Å². The van der Waals surface area contributed by atoms with Crippen LogP contribution in [0.1, 0.15) is 11.1 Å². The van der Waals surface area contributed by atoms with Crippen LogP contribution in [0.5, 0.6) is 5.75 Å². The van der Waals surface area contributed by atoms with Gasteiger partial charge in [0.25, 0.3) is 0 Å². The van der Waals surface area contributed by atoms with Gasteiger partial charge in [-0.1, -0.05) is 34.1 Å². The smallest absolute Gasteiger partial charge is 0.234 e. The number of amides is 1. The molecule has 0 radical (unpaired) electrons. The average molecular weight is 380 g/mol. The Morgan fingerprint density at radius 2 is 2.05 bits per heavy atom. The van der Waals surface area contributed by atoms with Gasteiger partial charge in [0.05, 0.1) is 12.9 Å². The predicted molar refractivity (Wildman–Crippen MR) is 96.7 cm³/mol. The van der Waals surface area contributed by atoms with Crippen LogP contribution in [0, 0.1) is 6.92 Å². The van der Waals surface area contributed by atoms with Crippen molar-refractivity contribution in [1.82, 2.24) is 0 Å². The maximum Gasteiger partial charge on any atom is 0.234 e. The summed E-state index contributed by atoms with van der Waals surface area (Å²) in [6.45, 7) is 1.98. The minimum Gasteiger partial charge on any atom is -0.496 e. The summed E-state index contributed by atoms with van der Waals surface area (Å²) in [5.74, 6) is 1.98. The largest absolute Gasteiger partial charge is 0.496 e. The molecule has 0 spiro atoms. The molecule has 3 nitrogen and oxygen atoms in total. The molecule has 0 aliphatic heterocycles. The topological polar surface area (TPSA) is 38.3 Å². The molecular formula is C17H18BrNO2S. The van der Waals surface area contributed by atoms with E-state index in [9.17, 15) is 4.79 Å². The van der Waals surface area contributed by atoms with Gasteiger partial charge in [0.1, 0.15) is 5.75 Å². The third kappa shape index (κ3) is 4.78. The summed E-state index contributed by atoms with van der Waals surface area (Å²) >= 11 is 5.02. The van der Waals surface area contributed by atoms with E-state index in [4.69, 9.17) is 4.74 Å². The van der Waals surface area contributed by atoms with Gasteiger partial charge in [0.2, 0.25) is 5.91 Å². The first kappa shape index (κ1) is 16.9. The van der Waals surface area contributed by atoms with Gasteiger partial charge in [0, 0.05) is 21.5 Å². The number of hydrogen-bond acceptors (Lipinski definition) is 3. The lowest BCUT2D eigenvalue weighted by Gasteiger charge is -2.10. The van der Waals surface area contributed by atoms with Crippen molar-refractivity contribution in [3.05, 3.63) is 58.1 Å². The monoisotopic (exact) mass is 379 g/mol. The van der Waals surface area contributed by atoms with Gasteiger partial charge >= 0.3 is 0 Å². The number of ether oxygens (including phenoxy) is 1. The van der Waals surface area contributed by atoms with Gasteiger partial charge in [-0.05, 0) is 36.8 Å². The first-order valence-electron chi connectivity index (χ1n) is 6.86. The number of carbonyl (C=O) groups is 1. The summed E-state index contributed by atoms with van der Waals surface area (Å²) in [6, 6.07) is 13.7. The van der Waals surface area contributed by atoms with E-state index in [0.29, 0.717) is 5.75 Å². The van der Waals surface area contributed by atoms with E-state index in [-0.39, 0.29) is 5.91 Å². The highest BCUT2D eigenvalue weighted by molar-refractivity contribution is 9.10. The average Bonchev–Trinajstić information content (AvgIpc) is 2.50. The van der Waals surface area contributed by atoms with Crippen LogP contribution in [0.3, 0.4) is 0 Å². The fourth-order valence-electron chi connectivity index (χ4n) is 2.01. The van der Waals surface area contributed by atoms with E-state index in [1.165, 1.54) is 0 Å². The van der Waals surface area contributed by atoms with E-state index in [2.05, 4.69) is 21.2 Å². The van der Waals surface area contributed by atoms with Crippen molar-refractivity contribution in [2.24, 2.45) is 0 Å². The van der Waals surface area contributed by atoms with Crippen LogP contribution >= 0.6 is 27.7 Å². The van der Waals surface area contributed by atoms with Crippen LogP contribution in [0.2, 0.25) is 0 Å². The molecule has 0 saturated carbocycles. The maximum absolute atomic E-state index is 12.0. The molecule has 2 aromatic rings. The van der Waals surface area contributed by atoms with Gasteiger partial charge in [0.15, 0.2) is 0 Å². The summed E-state index contributed by atoms with van der Waals surface area (Å²) < 4.78 is 6.34. The highest BCUT2D eigenvalue weighted by Gasteiger charge is 2.07. The number of rotatable bonds is 6. The molecule has 0 aromatic heterocycles. The fraction of sp³-hybridized carbons (Fsp3) is 0.235. The predicted octanol–water partition coefficient (Wildman–Crippen LogP) is 4.64. The van der Waals surface area contributed by atoms with Crippen LogP contribution in [-0.2, 0) is 10.5 Å². The third-order valence-corrected chi connectivity index (χ3v) is 4.63. The number of nitrogens with one attached hydrogen (secondary N) is 1. The van der Waals surface area contributed by atoms with Crippen LogP contribution < -0.4 is 10.1 Å². The maximum atomic E-state index is 12.0. The number of halogens is 1. The molecule has 0 heterocycles. The molecule has 0 atom stereocenters. The van der Waals surface area contributed by atoms with Crippen LogP contribution in [-0.4, -0.2) is 18.8 Å². The lowest BCUT2D eigenvalue weighted by Crippen LogP contribution is -2.14. The highest BCUT2D eigenvalue weighted by atomic mass is 79.9. The SMILES string of the molecule is COc1ccc(Br)cc1CSCC(=O)Nc1ccccc1C. The second-order valence-corrected chi connectivity index (χ2v) is 6.71. The highest BCUT2D eigenvalue weighted by Crippen LogP contribution is 2.26. The van der Waals surface area contributed by atoms with Crippen molar-refractivity contribution in [3.8, 4) is 5.75 Å². The lowest BCUT2D eigenvalue weighted by atomic mass is 10.2. The van der Waals surface area contributed by atoms with Crippen LogP contribution in [0.15, 0.2) is 46.9 Å². The Morgan fingerprint density at radius 3 is 2.77 bits per heavy atom. The van der Waals surface area contributed by atoms with Gasteiger partial charge in [-0.25, -0.2) is 0 Å². The van der Waals surface area contributed by atoms with E-state index >= 15 is 0 Å². The molecule has 5 heteroatoms. The first-order chi connectivity index (χ1) is 10.6. The van der Waals surface area contributed by atoms with Crippen molar-refractivity contribution in [3.63, 3.8) is 0 Å². The molecule has 1 amide bonds. The van der Waals surface area contributed by atoms with Crippen molar-refractivity contribution >= 4 is 39.3 Å². The minimum absolute atomic E-state index is 0.00765. The Balaban J connectivity index is 1.87. The summed E-state index contributed by atoms with van der Waals surface area (Å²) in [5, 5.41) is 2.94. The lowest BCUT2D eigenvalue weighted by molar-refractivity contribution is -0.113. The molecule has 22 heavy (non-hydrogen) atoms. The quantitative estimate of drug-likeness (QED) is 0.794. The standard InChI is InChI=1S/C17H18BrNO2S/c1-12-5-3-4-6-15(12)19-17(20)11-22-10-13-9-14(18)7-8-16(13)21-2/h3-9H,10-11H2,1-2H3,(H,19,20). The number of thioether (sulfide) groups is 1. The molecule has 2 aromatic carbocycles. The second-order valence-electron chi connectivity index (χ2n) is 4.81. The minimum atomic E-state index is 0.00765. The van der Waals surface area contributed by atoms with Crippen LogP contribution in [0.25, 0.3) is 0 Å². The number of anilines is 1. The first-order valence-corrected chi connectivity index (χ1v) is 8.80. The number of hydrogen-bond donors (Lipinski definition) is 1. The number of para-hydroxylation sites is 1. The number of aryl methyl sites for hydroxylation is 1. The molecule has 0 aliphatic rings. The van der Waals surface area contributed by atoms with E-state index in [1.807, 2.05) is 49.4 Å². The zero-order chi connectivity index (χ0) is 15.9. The Labute approximate surface area is 143 Å².